The molecule has 4 rings (SSSR count). The number of benzene rings is 1. The Morgan fingerprint density at radius 3 is 2.83 bits per heavy atom. The molecule has 0 aliphatic carbocycles. The number of thioether (sulfide) groups is 1. The topological polar surface area (TPSA) is 66.8 Å². The van der Waals surface area contributed by atoms with Gasteiger partial charge >= 0.3 is 5.97 Å². The Labute approximate surface area is 136 Å². The van der Waals surface area contributed by atoms with Crippen molar-refractivity contribution < 1.29 is 19.0 Å². The van der Waals surface area contributed by atoms with Crippen LogP contribution in [0.5, 0.6) is 11.5 Å². The van der Waals surface area contributed by atoms with Crippen LogP contribution in [0.3, 0.4) is 0 Å². The van der Waals surface area contributed by atoms with E-state index in [9.17, 15) is 9.59 Å². The van der Waals surface area contributed by atoms with Gasteiger partial charge in [0.2, 0.25) is 6.79 Å². The number of esters is 1. The molecule has 0 saturated carbocycles. The first kappa shape index (κ1) is 14.4. The molecule has 1 unspecified atom stereocenters. The Morgan fingerprint density at radius 2 is 2.09 bits per heavy atom. The van der Waals surface area contributed by atoms with Gasteiger partial charge in [0.15, 0.2) is 16.9 Å². The van der Waals surface area contributed by atoms with Crippen LogP contribution >= 0.6 is 11.8 Å². The Bertz CT molecular complexity index is 890. The fourth-order valence-electron chi connectivity index (χ4n) is 3.02. The predicted molar refractivity (Wildman–Crippen MR) is 85.3 cm³/mol. The normalized spacial score (nSPS) is 21.5. The summed E-state index contributed by atoms with van der Waals surface area (Å²) < 4.78 is 17.9. The van der Waals surface area contributed by atoms with Crippen molar-refractivity contribution in [3.8, 4) is 11.5 Å². The highest BCUT2D eigenvalue weighted by Crippen LogP contribution is 2.43. The maximum atomic E-state index is 12.5. The lowest BCUT2D eigenvalue weighted by Gasteiger charge is -2.26. The summed E-state index contributed by atoms with van der Waals surface area (Å²) in [4.78, 5) is 24.9. The van der Waals surface area contributed by atoms with Gasteiger partial charge in [0.25, 0.3) is 0 Å². The van der Waals surface area contributed by atoms with Gasteiger partial charge in [-0.05, 0) is 19.9 Å². The van der Waals surface area contributed by atoms with Crippen molar-refractivity contribution in [2.24, 2.45) is 0 Å². The summed E-state index contributed by atoms with van der Waals surface area (Å²) in [6, 6.07) is 5.02. The summed E-state index contributed by atoms with van der Waals surface area (Å²) >= 11 is 1.48. The molecule has 2 aromatic rings. The van der Waals surface area contributed by atoms with Gasteiger partial charge in [0.1, 0.15) is 5.54 Å². The number of ether oxygens (including phenoxy) is 3. The molecule has 0 spiro atoms. The van der Waals surface area contributed by atoms with E-state index in [-0.39, 0.29) is 18.2 Å². The van der Waals surface area contributed by atoms with Crippen molar-refractivity contribution in [3.05, 3.63) is 28.4 Å². The first-order valence-electron chi connectivity index (χ1n) is 7.34. The maximum Gasteiger partial charge on any atom is 0.332 e. The highest BCUT2D eigenvalue weighted by molar-refractivity contribution is 7.99. The van der Waals surface area contributed by atoms with Crippen molar-refractivity contribution in [3.63, 3.8) is 0 Å². The first-order chi connectivity index (χ1) is 11.0. The van der Waals surface area contributed by atoms with E-state index in [1.54, 1.807) is 25.1 Å². The fraction of sp³-hybridized carbons (Fsp3) is 0.375. The smallest absolute Gasteiger partial charge is 0.332 e. The van der Waals surface area contributed by atoms with E-state index in [0.717, 1.165) is 5.03 Å². The highest BCUT2D eigenvalue weighted by Gasteiger charge is 2.43. The fourth-order valence-corrected chi connectivity index (χ4v) is 4.31. The number of carbonyl (C=O) groups is 1. The average Bonchev–Trinajstić information content (AvgIpc) is 3.11. The quantitative estimate of drug-likeness (QED) is 0.784. The molecule has 0 fully saturated rings. The molecule has 0 bridgehead atoms. The molecule has 7 heteroatoms. The summed E-state index contributed by atoms with van der Waals surface area (Å²) in [6.45, 7) is 4.07. The van der Waals surface area contributed by atoms with E-state index < -0.39 is 5.54 Å². The standard InChI is InChI=1S/C16H15NO5S/c1-3-20-15(19)16(2)7-23-14-6-11(18)9-4-12-13(22-8-21-12)5-10(9)17(14)16/h4-6H,3,7-8H2,1-2H3. The molecule has 0 N–H and O–H groups in total. The molecule has 3 heterocycles. The van der Waals surface area contributed by atoms with Crippen LogP contribution in [0, 0.1) is 0 Å². The Hall–Kier alpha value is -2.15. The zero-order valence-corrected chi connectivity index (χ0v) is 13.6. The minimum atomic E-state index is -0.852. The third-order valence-electron chi connectivity index (χ3n) is 4.18. The van der Waals surface area contributed by atoms with Crippen molar-refractivity contribution in [2.45, 2.75) is 24.4 Å². The second-order valence-corrected chi connectivity index (χ2v) is 6.68. The second kappa shape index (κ2) is 4.92. The number of aromatic nitrogens is 1. The monoisotopic (exact) mass is 333 g/mol. The molecule has 23 heavy (non-hydrogen) atoms. The number of nitrogens with zero attached hydrogens (tertiary/aromatic N) is 1. The molecule has 120 valence electrons. The number of hydrogen-bond acceptors (Lipinski definition) is 6. The SMILES string of the molecule is CCOC(=O)C1(C)CSc2cc(=O)c3cc4c(cc3n21)OCO4. The lowest BCUT2D eigenvalue weighted by atomic mass is 10.0. The summed E-state index contributed by atoms with van der Waals surface area (Å²) in [7, 11) is 0. The summed E-state index contributed by atoms with van der Waals surface area (Å²) in [5.41, 5.74) is -0.280. The lowest BCUT2D eigenvalue weighted by molar-refractivity contribution is -0.151. The van der Waals surface area contributed by atoms with E-state index >= 15 is 0 Å². The minimum Gasteiger partial charge on any atom is -0.464 e. The molecule has 2 aliphatic heterocycles. The van der Waals surface area contributed by atoms with Crippen LogP contribution in [-0.2, 0) is 15.1 Å². The summed E-state index contributed by atoms with van der Waals surface area (Å²) in [6.07, 6.45) is 0. The Balaban J connectivity index is 2.02. The molecule has 0 saturated heterocycles. The van der Waals surface area contributed by atoms with Gasteiger partial charge < -0.3 is 18.8 Å². The zero-order valence-electron chi connectivity index (χ0n) is 12.8. The van der Waals surface area contributed by atoms with Crippen molar-refractivity contribution in [2.75, 3.05) is 19.2 Å². The van der Waals surface area contributed by atoms with Gasteiger partial charge in [-0.3, -0.25) is 4.79 Å². The van der Waals surface area contributed by atoms with Crippen LogP contribution in [0.15, 0.2) is 28.0 Å². The largest absolute Gasteiger partial charge is 0.464 e. The number of carbonyl (C=O) groups excluding carboxylic acids is 1. The van der Waals surface area contributed by atoms with Crippen molar-refractivity contribution in [1.29, 1.82) is 0 Å². The van der Waals surface area contributed by atoms with Crippen LogP contribution < -0.4 is 14.9 Å². The summed E-state index contributed by atoms with van der Waals surface area (Å²) in [5.74, 6) is 1.37. The van der Waals surface area contributed by atoms with Crippen LogP contribution in [0.4, 0.5) is 0 Å². The van der Waals surface area contributed by atoms with Crippen LogP contribution in [0.2, 0.25) is 0 Å². The molecule has 6 nitrogen and oxygen atoms in total. The molecule has 1 aromatic heterocycles. The Morgan fingerprint density at radius 1 is 1.35 bits per heavy atom. The van der Waals surface area contributed by atoms with E-state index in [4.69, 9.17) is 14.2 Å². The van der Waals surface area contributed by atoms with Gasteiger partial charge in [0, 0.05) is 23.3 Å². The number of hydrogen-bond donors (Lipinski definition) is 0. The van der Waals surface area contributed by atoms with E-state index in [2.05, 4.69) is 0 Å². The predicted octanol–water partition coefficient (Wildman–Crippen LogP) is 2.11. The van der Waals surface area contributed by atoms with Crippen molar-refractivity contribution in [1.82, 2.24) is 4.57 Å². The number of rotatable bonds is 2. The van der Waals surface area contributed by atoms with Crippen LogP contribution in [0.25, 0.3) is 10.9 Å². The van der Waals surface area contributed by atoms with Gasteiger partial charge in [-0.1, -0.05) is 0 Å². The second-order valence-electron chi connectivity index (χ2n) is 5.69. The van der Waals surface area contributed by atoms with Gasteiger partial charge in [-0.2, -0.15) is 0 Å². The average molecular weight is 333 g/mol. The van der Waals surface area contributed by atoms with Crippen LogP contribution in [0.1, 0.15) is 13.8 Å². The van der Waals surface area contributed by atoms with Gasteiger partial charge in [0.05, 0.1) is 17.1 Å². The maximum absolute atomic E-state index is 12.5. The molecule has 0 amide bonds. The Kier molecular flexibility index (Phi) is 3.09. The summed E-state index contributed by atoms with van der Waals surface area (Å²) in [5, 5.41) is 1.27. The first-order valence-corrected chi connectivity index (χ1v) is 8.33. The molecule has 0 radical (unpaired) electrons. The molecule has 1 aromatic carbocycles. The molecular formula is C16H15NO5S. The van der Waals surface area contributed by atoms with E-state index in [1.807, 2.05) is 11.5 Å². The van der Waals surface area contributed by atoms with Crippen molar-refractivity contribution >= 4 is 28.6 Å². The van der Waals surface area contributed by atoms with Gasteiger partial charge in [-0.25, -0.2) is 4.79 Å². The molecule has 1 atom stereocenters. The minimum absolute atomic E-state index is 0.0924. The number of pyridine rings is 1. The number of fused-ring (bicyclic) bond motifs is 4. The molecular weight excluding hydrogens is 318 g/mol. The van der Waals surface area contributed by atoms with Gasteiger partial charge in [-0.15, -0.1) is 11.8 Å². The third kappa shape index (κ3) is 1.96. The third-order valence-corrected chi connectivity index (χ3v) is 5.48. The van der Waals surface area contributed by atoms with Crippen LogP contribution in [-0.4, -0.2) is 29.7 Å². The van der Waals surface area contributed by atoms with E-state index in [0.29, 0.717) is 34.8 Å². The zero-order chi connectivity index (χ0) is 16.2. The molecule has 2 aliphatic rings. The highest BCUT2D eigenvalue weighted by atomic mass is 32.2. The van der Waals surface area contributed by atoms with E-state index in [1.165, 1.54) is 11.8 Å². The lowest BCUT2D eigenvalue weighted by Crippen LogP contribution is -2.40.